The second kappa shape index (κ2) is 5.63. The van der Waals surface area contributed by atoms with Gasteiger partial charge in [-0.15, -0.1) is 5.10 Å². The van der Waals surface area contributed by atoms with Gasteiger partial charge >= 0.3 is 0 Å². The molecule has 90 valence electrons. The summed E-state index contributed by atoms with van der Waals surface area (Å²) in [5.74, 6) is -0.353. The molecule has 0 spiro atoms. The summed E-state index contributed by atoms with van der Waals surface area (Å²) < 4.78 is 1.92. The van der Waals surface area contributed by atoms with Crippen molar-refractivity contribution < 1.29 is 4.79 Å². The molecular formula is C11H20N4O. The fourth-order valence-electron chi connectivity index (χ4n) is 1.67. The van der Waals surface area contributed by atoms with Crippen LogP contribution in [0.4, 0.5) is 0 Å². The number of hydrogen-bond donors (Lipinski definition) is 1. The van der Waals surface area contributed by atoms with Gasteiger partial charge in [0.2, 0.25) is 5.91 Å². The van der Waals surface area contributed by atoms with Gasteiger partial charge in [-0.25, -0.2) is 4.68 Å². The Morgan fingerprint density at radius 2 is 2.19 bits per heavy atom. The Hall–Kier alpha value is -1.39. The number of amides is 1. The van der Waals surface area contributed by atoms with Crippen LogP contribution in [0.2, 0.25) is 0 Å². The average Bonchev–Trinajstić information content (AvgIpc) is 2.61. The van der Waals surface area contributed by atoms with Gasteiger partial charge < -0.3 is 5.73 Å². The van der Waals surface area contributed by atoms with Crippen LogP contribution in [0.5, 0.6) is 0 Å². The molecule has 1 atom stereocenters. The molecule has 0 fully saturated rings. The molecule has 0 aliphatic heterocycles. The van der Waals surface area contributed by atoms with Crippen LogP contribution in [-0.2, 0) is 17.6 Å². The molecule has 1 heterocycles. The van der Waals surface area contributed by atoms with Crippen molar-refractivity contribution in [3.8, 4) is 0 Å². The van der Waals surface area contributed by atoms with E-state index in [1.54, 1.807) is 0 Å². The van der Waals surface area contributed by atoms with Crippen molar-refractivity contribution in [1.29, 1.82) is 0 Å². The van der Waals surface area contributed by atoms with Gasteiger partial charge in [0.15, 0.2) is 0 Å². The van der Waals surface area contributed by atoms with Gasteiger partial charge in [0.1, 0.15) is 0 Å². The van der Waals surface area contributed by atoms with Crippen LogP contribution in [0.3, 0.4) is 0 Å². The maximum atomic E-state index is 10.9. The third-order valence-corrected chi connectivity index (χ3v) is 2.71. The van der Waals surface area contributed by atoms with E-state index in [0.29, 0.717) is 6.04 Å². The fraction of sp³-hybridized carbons (Fsp3) is 0.727. The lowest BCUT2D eigenvalue weighted by Gasteiger charge is -2.12. The van der Waals surface area contributed by atoms with Crippen molar-refractivity contribution >= 4 is 5.91 Å². The molecule has 0 radical (unpaired) electrons. The van der Waals surface area contributed by atoms with Gasteiger partial charge in [-0.3, -0.25) is 4.79 Å². The highest BCUT2D eigenvalue weighted by Gasteiger charge is 2.16. The van der Waals surface area contributed by atoms with E-state index in [4.69, 9.17) is 5.73 Å². The van der Waals surface area contributed by atoms with Crippen molar-refractivity contribution in [2.45, 2.75) is 52.5 Å². The lowest BCUT2D eigenvalue weighted by molar-refractivity contribution is -0.117. The van der Waals surface area contributed by atoms with E-state index in [2.05, 4.69) is 31.1 Å². The summed E-state index contributed by atoms with van der Waals surface area (Å²) in [6.07, 6.45) is 3.08. The highest BCUT2D eigenvalue weighted by Crippen LogP contribution is 2.16. The van der Waals surface area contributed by atoms with Crippen LogP contribution < -0.4 is 5.73 Å². The monoisotopic (exact) mass is 224 g/mol. The minimum absolute atomic E-state index is 0.186. The molecule has 1 rings (SSSR count). The first-order valence-electron chi connectivity index (χ1n) is 5.81. The summed E-state index contributed by atoms with van der Waals surface area (Å²) in [4.78, 5) is 10.9. The number of carbonyl (C=O) groups excluding carboxylic acids is 1. The predicted octanol–water partition coefficient (Wildman–Crippen LogP) is 1.23. The Morgan fingerprint density at radius 3 is 2.69 bits per heavy atom. The van der Waals surface area contributed by atoms with Crippen LogP contribution in [0.25, 0.3) is 0 Å². The third kappa shape index (κ3) is 2.81. The largest absolute Gasteiger partial charge is 0.369 e. The molecule has 0 bridgehead atoms. The molecular weight excluding hydrogens is 204 g/mol. The second-order valence-corrected chi connectivity index (χ2v) is 4.08. The zero-order chi connectivity index (χ0) is 12.1. The van der Waals surface area contributed by atoms with Crippen molar-refractivity contribution in [2.75, 3.05) is 0 Å². The Morgan fingerprint density at radius 1 is 1.50 bits per heavy atom. The lowest BCUT2D eigenvalue weighted by Crippen LogP contribution is -2.16. The molecule has 0 aliphatic rings. The van der Waals surface area contributed by atoms with Crippen LogP contribution in [-0.4, -0.2) is 20.9 Å². The van der Waals surface area contributed by atoms with Crippen molar-refractivity contribution in [3.63, 3.8) is 0 Å². The number of hydrogen-bond acceptors (Lipinski definition) is 3. The molecule has 1 aromatic heterocycles. The van der Waals surface area contributed by atoms with Crippen molar-refractivity contribution in [3.05, 3.63) is 11.4 Å². The Kier molecular flexibility index (Phi) is 4.46. The van der Waals surface area contributed by atoms with Gasteiger partial charge in [0.25, 0.3) is 0 Å². The summed E-state index contributed by atoms with van der Waals surface area (Å²) in [6, 6.07) is 0.315. The Labute approximate surface area is 96.0 Å². The summed E-state index contributed by atoms with van der Waals surface area (Å²) >= 11 is 0. The van der Waals surface area contributed by atoms with Crippen LogP contribution in [0, 0.1) is 0 Å². The maximum Gasteiger partial charge on any atom is 0.223 e. The zero-order valence-corrected chi connectivity index (χ0v) is 10.2. The molecule has 2 N–H and O–H groups in total. The maximum absolute atomic E-state index is 10.9. The van der Waals surface area contributed by atoms with E-state index in [9.17, 15) is 4.79 Å². The molecule has 5 heteroatoms. The van der Waals surface area contributed by atoms with E-state index < -0.39 is 0 Å². The van der Waals surface area contributed by atoms with Crippen molar-refractivity contribution in [2.24, 2.45) is 5.73 Å². The normalized spacial score (nSPS) is 12.7. The second-order valence-electron chi connectivity index (χ2n) is 4.08. The molecule has 1 aromatic rings. The number of carbonyl (C=O) groups is 1. The molecule has 1 amide bonds. The third-order valence-electron chi connectivity index (χ3n) is 2.71. The molecule has 0 saturated carbocycles. The molecule has 0 saturated heterocycles. The topological polar surface area (TPSA) is 73.8 Å². The minimum atomic E-state index is -0.353. The first kappa shape index (κ1) is 12.7. The first-order valence-corrected chi connectivity index (χ1v) is 5.81. The van der Waals surface area contributed by atoms with E-state index in [0.717, 1.165) is 30.7 Å². The SMILES string of the molecule is CCCc1c(CC(N)=O)nnn1C(C)CC. The molecule has 1 unspecified atom stereocenters. The number of primary amides is 1. The van der Waals surface area contributed by atoms with Gasteiger partial charge in [0.05, 0.1) is 23.9 Å². The van der Waals surface area contributed by atoms with E-state index in [1.807, 2.05) is 4.68 Å². The van der Waals surface area contributed by atoms with Crippen molar-refractivity contribution in [1.82, 2.24) is 15.0 Å². The average molecular weight is 224 g/mol. The van der Waals surface area contributed by atoms with Gasteiger partial charge in [-0.05, 0) is 19.8 Å². The predicted molar refractivity (Wildman–Crippen MR) is 61.9 cm³/mol. The fourth-order valence-corrected chi connectivity index (χ4v) is 1.67. The minimum Gasteiger partial charge on any atom is -0.369 e. The van der Waals surface area contributed by atoms with E-state index in [1.165, 1.54) is 0 Å². The number of aromatic nitrogens is 3. The molecule has 0 aliphatic carbocycles. The van der Waals surface area contributed by atoms with E-state index in [-0.39, 0.29) is 12.3 Å². The number of nitrogens with two attached hydrogens (primary N) is 1. The summed E-state index contributed by atoms with van der Waals surface area (Å²) in [6.45, 7) is 6.31. The quantitative estimate of drug-likeness (QED) is 0.789. The Bertz CT molecular complexity index is 359. The smallest absolute Gasteiger partial charge is 0.223 e. The number of rotatable bonds is 6. The highest BCUT2D eigenvalue weighted by molar-refractivity contribution is 5.76. The van der Waals surface area contributed by atoms with Crippen LogP contribution >= 0.6 is 0 Å². The molecule has 5 nitrogen and oxygen atoms in total. The van der Waals surface area contributed by atoms with Gasteiger partial charge in [-0.1, -0.05) is 25.5 Å². The van der Waals surface area contributed by atoms with Gasteiger partial charge in [0, 0.05) is 0 Å². The van der Waals surface area contributed by atoms with Crippen LogP contribution in [0.15, 0.2) is 0 Å². The number of nitrogens with zero attached hydrogens (tertiary/aromatic N) is 3. The summed E-state index contributed by atoms with van der Waals surface area (Å²) in [7, 11) is 0. The van der Waals surface area contributed by atoms with Crippen LogP contribution in [0.1, 0.15) is 51.0 Å². The lowest BCUT2D eigenvalue weighted by atomic mass is 10.1. The van der Waals surface area contributed by atoms with E-state index >= 15 is 0 Å². The zero-order valence-electron chi connectivity index (χ0n) is 10.2. The molecule has 0 aromatic carbocycles. The van der Waals surface area contributed by atoms with Gasteiger partial charge in [-0.2, -0.15) is 0 Å². The first-order chi connectivity index (χ1) is 7.60. The summed E-state index contributed by atoms with van der Waals surface area (Å²) in [5.41, 5.74) is 6.97. The molecule has 16 heavy (non-hydrogen) atoms. The highest BCUT2D eigenvalue weighted by atomic mass is 16.1. The summed E-state index contributed by atoms with van der Waals surface area (Å²) in [5, 5.41) is 8.17. The standard InChI is InChI=1S/C11H20N4O/c1-4-6-10-9(7-11(12)16)13-14-15(10)8(3)5-2/h8H,4-7H2,1-3H3,(H2,12,16). The Balaban J connectivity index is 3.00.